The zero-order chi connectivity index (χ0) is 11.4. The topological polar surface area (TPSA) is 17.0 Å². The van der Waals surface area contributed by atoms with E-state index in [4.69, 9.17) is 0 Å². The highest BCUT2D eigenvalue weighted by Gasteiger charge is 2.06. The average Bonchev–Trinajstić information content (AvgIpc) is 2.96. The summed E-state index contributed by atoms with van der Waals surface area (Å²) in [6.45, 7) is 6.36. The molecule has 0 fully saturated rings. The number of rotatable bonds is 5. The summed E-state index contributed by atoms with van der Waals surface area (Å²) in [7, 11) is 0. The second kappa shape index (κ2) is 5.32. The van der Waals surface area contributed by atoms with E-state index < -0.39 is 0 Å². The maximum Gasteiger partial charge on any atom is 0.0389 e. The van der Waals surface area contributed by atoms with Gasteiger partial charge >= 0.3 is 0 Å². The molecule has 0 radical (unpaired) electrons. The van der Waals surface area contributed by atoms with Crippen molar-refractivity contribution in [1.82, 2.24) is 9.88 Å². The monoisotopic (exact) mass is 234 g/mol. The molecule has 2 nitrogen and oxygen atoms in total. The molecule has 0 spiro atoms. The molecule has 2 aromatic rings. The lowest BCUT2D eigenvalue weighted by atomic mass is 10.2. The SMILES string of the molecule is CCn1cccc1CN[C@@H](C)c1cccs1. The van der Waals surface area contributed by atoms with Crippen molar-refractivity contribution in [3.63, 3.8) is 0 Å². The highest BCUT2D eigenvalue weighted by atomic mass is 32.1. The van der Waals surface area contributed by atoms with Crippen LogP contribution in [-0.2, 0) is 13.1 Å². The van der Waals surface area contributed by atoms with Gasteiger partial charge < -0.3 is 9.88 Å². The number of hydrogen-bond acceptors (Lipinski definition) is 2. The van der Waals surface area contributed by atoms with Gasteiger partial charge in [0.15, 0.2) is 0 Å². The fourth-order valence-corrected chi connectivity index (χ4v) is 2.57. The van der Waals surface area contributed by atoms with Crippen LogP contribution in [0.4, 0.5) is 0 Å². The first-order valence-corrected chi connectivity index (χ1v) is 6.60. The number of nitrogens with zero attached hydrogens (tertiary/aromatic N) is 1. The molecule has 2 heterocycles. The van der Waals surface area contributed by atoms with Crippen LogP contribution in [0.2, 0.25) is 0 Å². The smallest absolute Gasteiger partial charge is 0.0389 e. The minimum Gasteiger partial charge on any atom is -0.351 e. The molecule has 1 atom stereocenters. The van der Waals surface area contributed by atoms with Gasteiger partial charge in [0.2, 0.25) is 0 Å². The van der Waals surface area contributed by atoms with Crippen LogP contribution in [0, 0.1) is 0 Å². The van der Waals surface area contributed by atoms with Crippen LogP contribution in [0.3, 0.4) is 0 Å². The average molecular weight is 234 g/mol. The minimum absolute atomic E-state index is 0.431. The third-order valence-corrected chi connectivity index (χ3v) is 3.88. The molecule has 0 saturated carbocycles. The third-order valence-electron chi connectivity index (χ3n) is 2.82. The van der Waals surface area contributed by atoms with Crippen LogP contribution in [0.25, 0.3) is 0 Å². The molecule has 0 aliphatic carbocycles. The second-order valence-corrected chi connectivity index (χ2v) is 4.88. The second-order valence-electron chi connectivity index (χ2n) is 3.90. The summed E-state index contributed by atoms with van der Waals surface area (Å²) < 4.78 is 2.27. The summed E-state index contributed by atoms with van der Waals surface area (Å²) in [6.07, 6.45) is 2.13. The van der Waals surface area contributed by atoms with Crippen LogP contribution < -0.4 is 5.32 Å². The van der Waals surface area contributed by atoms with Gasteiger partial charge in [-0.1, -0.05) is 6.07 Å². The normalized spacial score (nSPS) is 12.9. The summed E-state index contributed by atoms with van der Waals surface area (Å²) in [5.74, 6) is 0. The molecule has 0 aliphatic heterocycles. The zero-order valence-electron chi connectivity index (χ0n) is 9.81. The quantitative estimate of drug-likeness (QED) is 0.839. The Morgan fingerprint density at radius 1 is 1.38 bits per heavy atom. The highest BCUT2D eigenvalue weighted by Crippen LogP contribution is 2.18. The predicted molar refractivity (Wildman–Crippen MR) is 69.7 cm³/mol. The lowest BCUT2D eigenvalue weighted by Crippen LogP contribution is -2.19. The van der Waals surface area contributed by atoms with Gasteiger partial charge in [-0.25, -0.2) is 0 Å². The molecule has 3 heteroatoms. The van der Waals surface area contributed by atoms with Crippen molar-refractivity contribution in [2.45, 2.75) is 33.0 Å². The molecule has 0 aromatic carbocycles. The molecule has 0 bridgehead atoms. The van der Waals surface area contributed by atoms with E-state index in [1.54, 1.807) is 0 Å². The maximum absolute atomic E-state index is 3.55. The van der Waals surface area contributed by atoms with E-state index in [1.165, 1.54) is 10.6 Å². The van der Waals surface area contributed by atoms with E-state index in [0.29, 0.717) is 6.04 Å². The van der Waals surface area contributed by atoms with Gasteiger partial charge in [-0.05, 0) is 37.4 Å². The van der Waals surface area contributed by atoms with Crippen molar-refractivity contribution in [2.75, 3.05) is 0 Å². The Kier molecular flexibility index (Phi) is 3.80. The first-order valence-electron chi connectivity index (χ1n) is 5.72. The number of aryl methyl sites for hydroxylation is 1. The zero-order valence-corrected chi connectivity index (χ0v) is 10.6. The van der Waals surface area contributed by atoms with Crippen LogP contribution in [0.5, 0.6) is 0 Å². The molecule has 2 aromatic heterocycles. The predicted octanol–water partition coefficient (Wildman–Crippen LogP) is 3.42. The summed E-state index contributed by atoms with van der Waals surface area (Å²) in [4.78, 5) is 1.40. The van der Waals surface area contributed by atoms with Crippen molar-refractivity contribution >= 4 is 11.3 Å². The number of thiophene rings is 1. The Bertz CT molecular complexity index is 417. The molecule has 1 N–H and O–H groups in total. The largest absolute Gasteiger partial charge is 0.351 e. The van der Waals surface area contributed by atoms with E-state index in [2.05, 4.69) is 59.6 Å². The highest BCUT2D eigenvalue weighted by molar-refractivity contribution is 7.10. The maximum atomic E-state index is 3.55. The van der Waals surface area contributed by atoms with Crippen LogP contribution in [-0.4, -0.2) is 4.57 Å². The summed E-state index contributed by atoms with van der Waals surface area (Å²) in [5.41, 5.74) is 1.35. The molecule has 0 unspecified atom stereocenters. The number of nitrogens with one attached hydrogen (secondary N) is 1. The van der Waals surface area contributed by atoms with Gasteiger partial charge in [-0.3, -0.25) is 0 Å². The van der Waals surface area contributed by atoms with Crippen LogP contribution in [0.15, 0.2) is 35.8 Å². The molecule has 2 rings (SSSR count). The van der Waals surface area contributed by atoms with E-state index in [9.17, 15) is 0 Å². The standard InChI is InChI=1S/C13H18N2S/c1-3-15-8-4-6-12(15)10-14-11(2)13-7-5-9-16-13/h4-9,11,14H,3,10H2,1-2H3/t11-/m0/s1. The van der Waals surface area contributed by atoms with Crippen molar-refractivity contribution in [1.29, 1.82) is 0 Å². The van der Waals surface area contributed by atoms with E-state index in [0.717, 1.165) is 13.1 Å². The van der Waals surface area contributed by atoms with E-state index in [1.807, 2.05) is 11.3 Å². The lowest BCUT2D eigenvalue weighted by Gasteiger charge is -2.13. The summed E-state index contributed by atoms with van der Waals surface area (Å²) >= 11 is 1.81. The van der Waals surface area contributed by atoms with Gasteiger partial charge in [0.25, 0.3) is 0 Å². The van der Waals surface area contributed by atoms with Gasteiger partial charge in [-0.15, -0.1) is 11.3 Å². The van der Waals surface area contributed by atoms with Crippen LogP contribution in [0.1, 0.15) is 30.5 Å². The van der Waals surface area contributed by atoms with Gasteiger partial charge in [0.1, 0.15) is 0 Å². The Morgan fingerprint density at radius 2 is 2.25 bits per heavy atom. The van der Waals surface area contributed by atoms with Crippen LogP contribution >= 0.6 is 11.3 Å². The van der Waals surface area contributed by atoms with Gasteiger partial charge in [0.05, 0.1) is 0 Å². The van der Waals surface area contributed by atoms with Gasteiger partial charge in [0, 0.05) is 35.9 Å². The third kappa shape index (κ3) is 2.54. The van der Waals surface area contributed by atoms with E-state index >= 15 is 0 Å². The molecule has 0 amide bonds. The van der Waals surface area contributed by atoms with E-state index in [-0.39, 0.29) is 0 Å². The molecule has 0 aliphatic rings. The Labute approximate surface area is 101 Å². The first kappa shape index (κ1) is 11.4. The van der Waals surface area contributed by atoms with Crippen molar-refractivity contribution < 1.29 is 0 Å². The minimum atomic E-state index is 0.431. The first-order chi connectivity index (χ1) is 7.81. The molecule has 16 heavy (non-hydrogen) atoms. The fraction of sp³-hybridized carbons (Fsp3) is 0.385. The Balaban J connectivity index is 1.92. The Hall–Kier alpha value is -1.06. The number of aromatic nitrogens is 1. The molecule has 86 valence electrons. The molecular weight excluding hydrogens is 216 g/mol. The van der Waals surface area contributed by atoms with Crippen molar-refractivity contribution in [3.05, 3.63) is 46.4 Å². The fourth-order valence-electron chi connectivity index (χ4n) is 1.81. The summed E-state index contributed by atoms with van der Waals surface area (Å²) in [6, 6.07) is 9.00. The van der Waals surface area contributed by atoms with Crippen molar-refractivity contribution in [2.24, 2.45) is 0 Å². The molecular formula is C13H18N2S. The number of hydrogen-bond donors (Lipinski definition) is 1. The Morgan fingerprint density at radius 3 is 2.94 bits per heavy atom. The summed E-state index contributed by atoms with van der Waals surface area (Å²) in [5, 5.41) is 5.68. The van der Waals surface area contributed by atoms with Gasteiger partial charge in [-0.2, -0.15) is 0 Å². The lowest BCUT2D eigenvalue weighted by molar-refractivity contribution is 0.556. The van der Waals surface area contributed by atoms with Crippen molar-refractivity contribution in [3.8, 4) is 0 Å². The molecule has 0 saturated heterocycles.